The second-order valence-electron chi connectivity index (χ2n) is 10.0. The van der Waals surface area contributed by atoms with E-state index in [-0.39, 0.29) is 11.3 Å². The molecule has 1 saturated heterocycles. The Bertz CT molecular complexity index is 1330. The van der Waals surface area contributed by atoms with Crippen LogP contribution >= 0.6 is 0 Å². The van der Waals surface area contributed by atoms with E-state index >= 15 is 0 Å². The third kappa shape index (κ3) is 4.38. The highest BCUT2D eigenvalue weighted by Gasteiger charge is 2.33. The van der Waals surface area contributed by atoms with Crippen molar-refractivity contribution in [2.45, 2.75) is 76.2 Å². The smallest absolute Gasteiger partial charge is 0.181 e. The molecule has 0 spiro atoms. The minimum atomic E-state index is -3.44. The number of imidazole rings is 1. The van der Waals surface area contributed by atoms with Gasteiger partial charge in [0.1, 0.15) is 29.7 Å². The van der Waals surface area contributed by atoms with Crippen LogP contribution in [-0.4, -0.2) is 68.6 Å². The maximum atomic E-state index is 13.5. The summed E-state index contributed by atoms with van der Waals surface area (Å²) in [5.41, 5.74) is 1.53. The summed E-state index contributed by atoms with van der Waals surface area (Å²) in [6.45, 7) is 13.0. The van der Waals surface area contributed by atoms with Crippen LogP contribution in [0.4, 0.5) is 0 Å². The maximum Gasteiger partial charge on any atom is 0.181 e. The molecule has 4 heterocycles. The molecule has 5 rings (SSSR count). The Morgan fingerprint density at radius 2 is 1.74 bits per heavy atom. The Morgan fingerprint density at radius 1 is 1.00 bits per heavy atom. The van der Waals surface area contributed by atoms with E-state index in [1.807, 2.05) is 28.4 Å². The lowest BCUT2D eigenvalue weighted by Crippen LogP contribution is -2.42. The number of fused-ring (bicyclic) bond motifs is 3. The lowest BCUT2D eigenvalue weighted by molar-refractivity contribution is 0.186. The van der Waals surface area contributed by atoms with Crippen LogP contribution in [0.2, 0.25) is 0 Å². The van der Waals surface area contributed by atoms with Crippen LogP contribution in [0.15, 0.2) is 29.3 Å². The Labute approximate surface area is 207 Å². The number of aromatic nitrogens is 5. The van der Waals surface area contributed by atoms with Gasteiger partial charge in [-0.3, -0.25) is 0 Å². The van der Waals surface area contributed by atoms with Gasteiger partial charge in [-0.15, -0.1) is 0 Å². The number of ether oxygens (including phenoxy) is 1. The summed E-state index contributed by atoms with van der Waals surface area (Å²) >= 11 is 0. The summed E-state index contributed by atoms with van der Waals surface area (Å²) in [6.07, 6.45) is 3.29. The van der Waals surface area contributed by atoms with E-state index < -0.39 is 9.84 Å². The maximum absolute atomic E-state index is 13.5. The van der Waals surface area contributed by atoms with Gasteiger partial charge in [-0.2, -0.15) is 5.10 Å². The predicted octanol–water partition coefficient (Wildman–Crippen LogP) is 3.74. The molecule has 0 atom stereocenters. The van der Waals surface area contributed by atoms with Crippen LogP contribution < -0.4 is 4.74 Å². The second kappa shape index (κ2) is 9.05. The number of rotatable bonds is 5. The van der Waals surface area contributed by atoms with Crippen LogP contribution in [0.1, 0.15) is 52.4 Å². The van der Waals surface area contributed by atoms with Gasteiger partial charge < -0.3 is 14.2 Å². The number of benzene rings is 1. The third-order valence-electron chi connectivity index (χ3n) is 6.99. The highest BCUT2D eigenvalue weighted by atomic mass is 32.2. The van der Waals surface area contributed by atoms with E-state index in [0.29, 0.717) is 48.5 Å². The molecule has 1 aromatic carbocycles. The highest BCUT2D eigenvalue weighted by Crippen LogP contribution is 2.37. The van der Waals surface area contributed by atoms with Crippen molar-refractivity contribution in [2.75, 3.05) is 19.7 Å². The molecule has 9 nitrogen and oxygen atoms in total. The predicted molar refractivity (Wildman–Crippen MR) is 134 cm³/mol. The summed E-state index contributed by atoms with van der Waals surface area (Å²) < 4.78 is 36.9. The highest BCUT2D eigenvalue weighted by molar-refractivity contribution is 7.92. The van der Waals surface area contributed by atoms with Gasteiger partial charge in [0.05, 0.1) is 22.3 Å². The molecule has 0 aliphatic carbocycles. The van der Waals surface area contributed by atoms with Crippen LogP contribution in [0, 0.1) is 6.92 Å². The molecule has 3 aromatic rings. The summed E-state index contributed by atoms with van der Waals surface area (Å²) in [5, 5.41) is 4.15. The first-order chi connectivity index (χ1) is 16.6. The van der Waals surface area contributed by atoms with Gasteiger partial charge in [0.15, 0.2) is 15.7 Å². The molecule has 35 heavy (non-hydrogen) atoms. The molecule has 188 valence electrons. The Kier molecular flexibility index (Phi) is 6.21. The van der Waals surface area contributed by atoms with Crippen molar-refractivity contribution < 1.29 is 13.2 Å². The summed E-state index contributed by atoms with van der Waals surface area (Å²) in [6, 6.07) is 5.81. The molecule has 0 amide bonds. The Hall–Kier alpha value is -2.72. The molecule has 0 saturated carbocycles. The van der Waals surface area contributed by atoms with Crippen molar-refractivity contribution in [1.29, 1.82) is 0 Å². The topological polar surface area (TPSA) is 95.1 Å². The van der Waals surface area contributed by atoms with Crippen molar-refractivity contribution in [3.05, 3.63) is 30.2 Å². The average Bonchev–Trinajstić information content (AvgIpc) is 3.38. The van der Waals surface area contributed by atoms with Gasteiger partial charge in [-0.25, -0.2) is 23.1 Å². The second-order valence-corrected chi connectivity index (χ2v) is 12.3. The number of sulfone groups is 1. The molecule has 0 N–H and O–H groups in total. The lowest BCUT2D eigenvalue weighted by atomic mass is 10.1. The summed E-state index contributed by atoms with van der Waals surface area (Å²) in [7, 11) is -3.44. The standard InChI is InChI=1S/C25H34N6O3S/c1-16(2)29-10-8-19(9-11-29)35(32,33)20-6-7-21-23(14-20)34-13-12-30-15-22(27-24(21)30)25-26-18(5)28-31(25)17(3)4/h6-7,14-17,19H,8-13H2,1-5H3. The largest absolute Gasteiger partial charge is 0.491 e. The fourth-order valence-electron chi connectivity index (χ4n) is 5.01. The number of hydrogen-bond donors (Lipinski definition) is 0. The number of nitrogens with zero attached hydrogens (tertiary/aromatic N) is 6. The van der Waals surface area contributed by atoms with E-state index in [1.54, 1.807) is 12.1 Å². The van der Waals surface area contributed by atoms with E-state index in [2.05, 4.69) is 42.7 Å². The molecular formula is C25H34N6O3S. The quantitative estimate of drug-likeness (QED) is 0.529. The monoisotopic (exact) mass is 498 g/mol. The molecule has 2 aliphatic rings. The van der Waals surface area contributed by atoms with Gasteiger partial charge in [-0.05, 0) is 78.7 Å². The van der Waals surface area contributed by atoms with Crippen LogP contribution in [0.3, 0.4) is 0 Å². The zero-order valence-electron chi connectivity index (χ0n) is 21.1. The summed E-state index contributed by atoms with van der Waals surface area (Å²) in [5.74, 6) is 2.74. The fourth-order valence-corrected chi connectivity index (χ4v) is 6.75. The molecule has 0 unspecified atom stereocenters. The first-order valence-corrected chi connectivity index (χ1v) is 14.0. The van der Waals surface area contributed by atoms with E-state index in [4.69, 9.17) is 9.72 Å². The molecule has 10 heteroatoms. The van der Waals surface area contributed by atoms with Gasteiger partial charge in [-0.1, -0.05) is 0 Å². The molecular weight excluding hydrogens is 464 g/mol. The number of aryl methyl sites for hydroxylation is 1. The van der Waals surface area contributed by atoms with Gasteiger partial charge in [0.25, 0.3) is 0 Å². The lowest BCUT2D eigenvalue weighted by Gasteiger charge is -2.34. The first kappa shape index (κ1) is 24.0. The van der Waals surface area contributed by atoms with Crippen LogP contribution in [0.5, 0.6) is 5.75 Å². The number of hydrogen-bond acceptors (Lipinski definition) is 7. The Balaban J connectivity index is 1.47. The van der Waals surface area contributed by atoms with Crippen LogP contribution in [0.25, 0.3) is 22.9 Å². The van der Waals surface area contributed by atoms with Crippen molar-refractivity contribution in [2.24, 2.45) is 0 Å². The SMILES string of the molecule is Cc1nc(-c2cn3c(n2)-c2ccc(S(=O)(=O)C4CCN(C(C)C)CC4)cc2OCC3)n(C(C)C)n1. The van der Waals surface area contributed by atoms with Crippen LogP contribution in [-0.2, 0) is 16.4 Å². The number of likely N-dealkylation sites (tertiary alicyclic amines) is 1. The normalized spacial score (nSPS) is 17.3. The molecule has 0 bridgehead atoms. The third-order valence-corrected chi connectivity index (χ3v) is 9.25. The molecule has 0 radical (unpaired) electrons. The zero-order valence-corrected chi connectivity index (χ0v) is 21.9. The number of piperidine rings is 1. The molecule has 2 aliphatic heterocycles. The van der Waals surface area contributed by atoms with Gasteiger partial charge in [0.2, 0.25) is 0 Å². The molecule has 2 aromatic heterocycles. The first-order valence-electron chi connectivity index (χ1n) is 12.4. The van der Waals surface area contributed by atoms with E-state index in [1.165, 1.54) is 0 Å². The van der Waals surface area contributed by atoms with Crippen molar-refractivity contribution in [3.63, 3.8) is 0 Å². The van der Waals surface area contributed by atoms with Crippen molar-refractivity contribution in [3.8, 4) is 28.7 Å². The van der Waals surface area contributed by atoms with Gasteiger partial charge >= 0.3 is 0 Å². The Morgan fingerprint density at radius 3 is 2.43 bits per heavy atom. The average molecular weight is 499 g/mol. The minimum Gasteiger partial charge on any atom is -0.491 e. The zero-order chi connectivity index (χ0) is 24.9. The fraction of sp³-hybridized carbons (Fsp3) is 0.560. The minimum absolute atomic E-state index is 0.156. The van der Waals surface area contributed by atoms with Crippen molar-refractivity contribution in [1.82, 2.24) is 29.2 Å². The van der Waals surface area contributed by atoms with E-state index in [0.717, 1.165) is 36.0 Å². The van der Waals surface area contributed by atoms with Crippen molar-refractivity contribution >= 4 is 9.84 Å². The molecule has 1 fully saturated rings. The van der Waals surface area contributed by atoms with Gasteiger partial charge in [0, 0.05) is 18.3 Å². The van der Waals surface area contributed by atoms with E-state index in [9.17, 15) is 8.42 Å². The summed E-state index contributed by atoms with van der Waals surface area (Å²) in [4.78, 5) is 12.2.